The number of piperidine rings is 1. The van der Waals surface area contributed by atoms with Crippen LogP contribution in [0.5, 0.6) is 0 Å². The Balaban J connectivity index is 1.44. The molecule has 2 fully saturated rings. The molecule has 2 amide bonds. The fourth-order valence-corrected chi connectivity index (χ4v) is 3.99. The summed E-state index contributed by atoms with van der Waals surface area (Å²) in [4.78, 5) is 29.3. The molecule has 0 spiro atoms. The van der Waals surface area contributed by atoms with Gasteiger partial charge in [-0.1, -0.05) is 31.0 Å². The lowest BCUT2D eigenvalue weighted by molar-refractivity contribution is -0.137. The molecule has 2 saturated heterocycles. The fraction of sp³-hybridized carbons (Fsp3) is 0.619. The van der Waals surface area contributed by atoms with Crippen molar-refractivity contribution in [3.63, 3.8) is 0 Å². The lowest BCUT2D eigenvalue weighted by atomic mass is 9.95. The van der Waals surface area contributed by atoms with Gasteiger partial charge >= 0.3 is 0 Å². The molecule has 0 atom stereocenters. The van der Waals surface area contributed by atoms with E-state index in [-0.39, 0.29) is 11.8 Å². The average molecular weight is 357 g/mol. The van der Waals surface area contributed by atoms with E-state index in [1.165, 1.54) is 12.8 Å². The van der Waals surface area contributed by atoms with Crippen molar-refractivity contribution in [3.8, 4) is 0 Å². The van der Waals surface area contributed by atoms with Gasteiger partial charge in [0.1, 0.15) is 0 Å². The number of carbonyl (C=O) groups excluding carboxylic acids is 2. The Morgan fingerprint density at radius 2 is 1.65 bits per heavy atom. The first kappa shape index (κ1) is 18.9. The molecule has 2 heterocycles. The molecule has 0 bridgehead atoms. The first-order chi connectivity index (χ1) is 12.6. The molecule has 5 heteroatoms. The molecule has 1 aromatic carbocycles. The highest BCUT2D eigenvalue weighted by Crippen LogP contribution is 2.22. The quantitative estimate of drug-likeness (QED) is 0.901. The third kappa shape index (κ3) is 5.07. The van der Waals surface area contributed by atoms with Crippen molar-refractivity contribution in [1.29, 1.82) is 0 Å². The third-order valence-corrected chi connectivity index (χ3v) is 5.64. The summed E-state index contributed by atoms with van der Waals surface area (Å²) in [6, 6.07) is 7.83. The number of amides is 2. The second-order valence-corrected chi connectivity index (χ2v) is 7.65. The molecule has 5 nitrogen and oxygen atoms in total. The minimum Gasteiger partial charge on any atom is -0.342 e. The maximum atomic E-state index is 12.7. The van der Waals surface area contributed by atoms with Gasteiger partial charge in [-0.3, -0.25) is 14.5 Å². The van der Waals surface area contributed by atoms with Gasteiger partial charge in [0.05, 0.1) is 6.54 Å². The molecule has 3 rings (SSSR count). The molecular weight excluding hydrogens is 326 g/mol. The van der Waals surface area contributed by atoms with Crippen LogP contribution in [0.25, 0.3) is 0 Å². The van der Waals surface area contributed by atoms with E-state index >= 15 is 0 Å². The number of nitrogens with zero attached hydrogens (tertiary/aromatic N) is 2. The molecule has 1 N–H and O–H groups in total. The number of anilines is 1. The summed E-state index contributed by atoms with van der Waals surface area (Å²) >= 11 is 0. The first-order valence-electron chi connectivity index (χ1n) is 10.00. The van der Waals surface area contributed by atoms with Crippen LogP contribution in [0.3, 0.4) is 0 Å². The Morgan fingerprint density at radius 3 is 2.31 bits per heavy atom. The van der Waals surface area contributed by atoms with Crippen LogP contribution in [0.2, 0.25) is 0 Å². The Kier molecular flexibility index (Phi) is 6.67. The van der Waals surface area contributed by atoms with E-state index in [0.29, 0.717) is 12.5 Å². The van der Waals surface area contributed by atoms with Gasteiger partial charge in [-0.25, -0.2) is 0 Å². The number of nitrogens with one attached hydrogen (secondary N) is 1. The largest absolute Gasteiger partial charge is 0.342 e. The monoisotopic (exact) mass is 357 g/mol. The molecule has 142 valence electrons. The maximum absolute atomic E-state index is 12.7. The Morgan fingerprint density at radius 1 is 1.00 bits per heavy atom. The van der Waals surface area contributed by atoms with Gasteiger partial charge in [0.25, 0.3) is 0 Å². The molecule has 1 aromatic rings. The van der Waals surface area contributed by atoms with Crippen LogP contribution in [0.1, 0.15) is 44.1 Å². The normalized spacial score (nSPS) is 19.8. The maximum Gasteiger partial charge on any atom is 0.238 e. The molecule has 2 aliphatic heterocycles. The third-order valence-electron chi connectivity index (χ3n) is 5.64. The van der Waals surface area contributed by atoms with Crippen molar-refractivity contribution in [2.75, 3.05) is 38.0 Å². The van der Waals surface area contributed by atoms with E-state index < -0.39 is 0 Å². The predicted octanol–water partition coefficient (Wildman–Crippen LogP) is 3.05. The Hall–Kier alpha value is -1.88. The second kappa shape index (κ2) is 9.17. The lowest BCUT2D eigenvalue weighted by Crippen LogP contribution is -2.44. The van der Waals surface area contributed by atoms with Crippen LogP contribution in [-0.2, 0) is 9.59 Å². The molecule has 0 aliphatic carbocycles. The van der Waals surface area contributed by atoms with E-state index in [9.17, 15) is 9.59 Å². The summed E-state index contributed by atoms with van der Waals surface area (Å²) in [5, 5.41) is 2.99. The molecule has 0 aromatic heterocycles. The molecule has 26 heavy (non-hydrogen) atoms. The number of aryl methyl sites for hydroxylation is 1. The molecule has 0 radical (unpaired) electrons. The van der Waals surface area contributed by atoms with Crippen molar-refractivity contribution >= 4 is 17.5 Å². The number of hydrogen-bond donors (Lipinski definition) is 1. The van der Waals surface area contributed by atoms with Gasteiger partial charge < -0.3 is 10.2 Å². The number of rotatable bonds is 4. The van der Waals surface area contributed by atoms with Gasteiger partial charge in [0.2, 0.25) is 11.8 Å². The number of likely N-dealkylation sites (tertiary alicyclic amines) is 2. The number of hydrogen-bond acceptors (Lipinski definition) is 3. The Labute approximate surface area is 156 Å². The number of para-hydroxylation sites is 1. The highest BCUT2D eigenvalue weighted by atomic mass is 16.2. The summed E-state index contributed by atoms with van der Waals surface area (Å²) in [5.41, 5.74) is 1.95. The first-order valence-corrected chi connectivity index (χ1v) is 10.00. The highest BCUT2D eigenvalue weighted by Gasteiger charge is 2.29. The van der Waals surface area contributed by atoms with Crippen LogP contribution >= 0.6 is 0 Å². The average Bonchev–Trinajstić information content (AvgIpc) is 2.93. The zero-order chi connectivity index (χ0) is 18.4. The summed E-state index contributed by atoms with van der Waals surface area (Å²) in [6.45, 7) is 5.90. The summed E-state index contributed by atoms with van der Waals surface area (Å²) in [5.74, 6) is 0.510. The molecule has 0 saturated carbocycles. The lowest BCUT2D eigenvalue weighted by Gasteiger charge is -2.33. The van der Waals surface area contributed by atoms with E-state index in [1.807, 2.05) is 31.2 Å². The van der Waals surface area contributed by atoms with E-state index in [2.05, 4.69) is 15.1 Å². The van der Waals surface area contributed by atoms with Crippen LogP contribution in [0.4, 0.5) is 5.69 Å². The smallest absolute Gasteiger partial charge is 0.238 e. The molecule has 2 aliphatic rings. The van der Waals surface area contributed by atoms with Gasteiger partial charge in [0.15, 0.2) is 0 Å². The van der Waals surface area contributed by atoms with Gasteiger partial charge in [0, 0.05) is 24.7 Å². The van der Waals surface area contributed by atoms with E-state index in [0.717, 1.165) is 63.1 Å². The second-order valence-electron chi connectivity index (χ2n) is 7.65. The topological polar surface area (TPSA) is 52.7 Å². The number of benzene rings is 1. The van der Waals surface area contributed by atoms with Crippen molar-refractivity contribution in [3.05, 3.63) is 29.8 Å². The van der Waals surface area contributed by atoms with Gasteiger partial charge in [-0.2, -0.15) is 0 Å². The SMILES string of the molecule is Cc1ccccc1NC(=O)CN1CCC(C(=O)N2CCCCCC2)CC1. The van der Waals surface area contributed by atoms with Crippen molar-refractivity contribution < 1.29 is 9.59 Å². The minimum atomic E-state index is 0.0246. The highest BCUT2D eigenvalue weighted by molar-refractivity contribution is 5.93. The van der Waals surface area contributed by atoms with Gasteiger partial charge in [-0.05, 0) is 57.3 Å². The molecule has 0 unspecified atom stereocenters. The number of carbonyl (C=O) groups is 2. The molecular formula is C21H31N3O2. The summed E-state index contributed by atoms with van der Waals surface area (Å²) in [6.07, 6.45) is 6.52. The Bertz CT molecular complexity index is 615. The van der Waals surface area contributed by atoms with Crippen LogP contribution < -0.4 is 5.32 Å². The fourth-order valence-electron chi connectivity index (χ4n) is 3.99. The predicted molar refractivity (Wildman–Crippen MR) is 104 cm³/mol. The standard InChI is InChI=1S/C21H31N3O2/c1-17-8-4-5-9-19(17)22-20(25)16-23-14-10-18(11-15-23)21(26)24-12-6-2-3-7-13-24/h4-5,8-9,18H,2-3,6-7,10-16H2,1H3,(H,22,25). The van der Waals surface area contributed by atoms with E-state index in [1.54, 1.807) is 0 Å². The minimum absolute atomic E-state index is 0.0246. The zero-order valence-electron chi connectivity index (χ0n) is 15.9. The van der Waals surface area contributed by atoms with Crippen LogP contribution in [0, 0.1) is 12.8 Å². The summed E-state index contributed by atoms with van der Waals surface area (Å²) in [7, 11) is 0. The van der Waals surface area contributed by atoms with Crippen LogP contribution in [-0.4, -0.2) is 54.3 Å². The van der Waals surface area contributed by atoms with Crippen molar-refractivity contribution in [1.82, 2.24) is 9.80 Å². The van der Waals surface area contributed by atoms with Crippen LogP contribution in [0.15, 0.2) is 24.3 Å². The van der Waals surface area contributed by atoms with Gasteiger partial charge in [-0.15, -0.1) is 0 Å². The van der Waals surface area contributed by atoms with E-state index in [4.69, 9.17) is 0 Å². The summed E-state index contributed by atoms with van der Waals surface area (Å²) < 4.78 is 0. The van der Waals surface area contributed by atoms with Crippen molar-refractivity contribution in [2.45, 2.75) is 45.4 Å². The van der Waals surface area contributed by atoms with Crippen molar-refractivity contribution in [2.24, 2.45) is 5.92 Å². The zero-order valence-corrected chi connectivity index (χ0v) is 15.9.